The summed E-state index contributed by atoms with van der Waals surface area (Å²) >= 11 is 0. The molecule has 0 spiro atoms. The summed E-state index contributed by atoms with van der Waals surface area (Å²) in [6, 6.07) is 3.67. The van der Waals surface area contributed by atoms with E-state index < -0.39 is 5.54 Å². The first-order valence-electron chi connectivity index (χ1n) is 5.67. The van der Waals surface area contributed by atoms with Crippen molar-refractivity contribution in [2.45, 2.75) is 32.2 Å². The minimum absolute atomic E-state index is 0. The maximum atomic E-state index is 6.13. The lowest BCUT2D eigenvalue weighted by atomic mass is 9.98. The van der Waals surface area contributed by atoms with Crippen LogP contribution in [0.15, 0.2) is 29.0 Å². The highest BCUT2D eigenvalue weighted by atomic mass is 35.5. The molecule has 0 bridgehead atoms. The lowest BCUT2D eigenvalue weighted by molar-refractivity contribution is 0.284. The van der Waals surface area contributed by atoms with E-state index in [4.69, 9.17) is 10.3 Å². The van der Waals surface area contributed by atoms with Crippen molar-refractivity contribution < 1.29 is 4.52 Å². The van der Waals surface area contributed by atoms with Gasteiger partial charge in [0.25, 0.3) is 0 Å². The predicted octanol–water partition coefficient (Wildman–Crippen LogP) is 2.53. The molecule has 6 heteroatoms. The molecule has 5 nitrogen and oxygen atoms in total. The average Bonchev–Trinajstić information content (AvgIpc) is 2.80. The summed E-state index contributed by atoms with van der Waals surface area (Å²) in [6.07, 6.45) is 5.17. The van der Waals surface area contributed by atoms with Crippen molar-refractivity contribution in [1.82, 2.24) is 15.1 Å². The maximum Gasteiger partial charge on any atom is 0.246 e. The topological polar surface area (TPSA) is 77.8 Å². The van der Waals surface area contributed by atoms with Gasteiger partial charge in [0.05, 0.1) is 5.54 Å². The number of halogens is 1. The molecule has 0 aliphatic rings. The second-order valence-electron chi connectivity index (χ2n) is 4.33. The second-order valence-corrected chi connectivity index (χ2v) is 4.33. The Labute approximate surface area is 112 Å². The monoisotopic (exact) mass is 268 g/mol. The van der Waals surface area contributed by atoms with E-state index in [1.54, 1.807) is 12.4 Å². The Morgan fingerprint density at radius 3 is 2.61 bits per heavy atom. The number of aromatic nitrogens is 3. The number of rotatable bonds is 4. The molecule has 0 radical (unpaired) electrons. The summed E-state index contributed by atoms with van der Waals surface area (Å²) in [5, 5.41) is 3.94. The summed E-state index contributed by atoms with van der Waals surface area (Å²) in [5.74, 6) is 1.03. The number of hydrogen-bond acceptors (Lipinski definition) is 5. The van der Waals surface area contributed by atoms with Crippen LogP contribution in [0.1, 0.15) is 32.6 Å². The molecule has 1 unspecified atom stereocenters. The van der Waals surface area contributed by atoms with Crippen LogP contribution in [0.2, 0.25) is 0 Å². The smallest absolute Gasteiger partial charge is 0.246 e. The summed E-state index contributed by atoms with van der Waals surface area (Å²) in [6.45, 7) is 3.98. The molecule has 18 heavy (non-hydrogen) atoms. The molecule has 1 atom stereocenters. The van der Waals surface area contributed by atoms with Gasteiger partial charge in [-0.05, 0) is 25.5 Å². The molecule has 0 saturated heterocycles. The summed E-state index contributed by atoms with van der Waals surface area (Å²) < 4.78 is 5.23. The minimum atomic E-state index is -0.562. The quantitative estimate of drug-likeness (QED) is 0.922. The second kappa shape index (κ2) is 5.93. The molecule has 2 N–H and O–H groups in total. The standard InChI is InChI=1S/C12H16N4O.ClH/c1-3-6-12(2,13)11-15-10(16-17-11)9-4-7-14-8-5-9;/h4-5,7-8H,3,6,13H2,1-2H3;1H. The van der Waals surface area contributed by atoms with Crippen molar-refractivity contribution in [3.05, 3.63) is 30.4 Å². The Hall–Kier alpha value is -1.46. The van der Waals surface area contributed by atoms with Crippen molar-refractivity contribution in [2.24, 2.45) is 5.73 Å². The minimum Gasteiger partial charge on any atom is -0.337 e. The number of nitrogens with zero attached hydrogens (tertiary/aromatic N) is 3. The number of pyridine rings is 1. The van der Waals surface area contributed by atoms with Gasteiger partial charge in [0, 0.05) is 18.0 Å². The Kier molecular flexibility index (Phi) is 4.81. The first-order valence-corrected chi connectivity index (χ1v) is 5.67. The third kappa shape index (κ3) is 3.05. The lowest BCUT2D eigenvalue weighted by Crippen LogP contribution is -2.33. The summed E-state index contributed by atoms with van der Waals surface area (Å²) in [5.41, 5.74) is 6.45. The fraction of sp³-hybridized carbons (Fsp3) is 0.417. The summed E-state index contributed by atoms with van der Waals surface area (Å²) in [4.78, 5) is 8.29. The van der Waals surface area contributed by atoms with E-state index in [2.05, 4.69) is 22.0 Å². The van der Waals surface area contributed by atoms with Crippen LogP contribution in [0.5, 0.6) is 0 Å². The van der Waals surface area contributed by atoms with Gasteiger partial charge in [-0.1, -0.05) is 18.5 Å². The molecule has 2 rings (SSSR count). The van der Waals surface area contributed by atoms with Crippen LogP contribution in [-0.2, 0) is 5.54 Å². The van der Waals surface area contributed by atoms with Gasteiger partial charge in [0.15, 0.2) is 0 Å². The molecule has 2 aromatic rings. The van der Waals surface area contributed by atoms with E-state index in [-0.39, 0.29) is 12.4 Å². The Bertz CT molecular complexity index is 484. The van der Waals surface area contributed by atoms with E-state index in [0.29, 0.717) is 11.7 Å². The van der Waals surface area contributed by atoms with Gasteiger partial charge in [-0.25, -0.2) is 0 Å². The zero-order chi connectivity index (χ0) is 12.3. The molecular weight excluding hydrogens is 252 g/mol. The third-order valence-electron chi connectivity index (χ3n) is 2.62. The Balaban J connectivity index is 0.00000162. The molecule has 0 aromatic carbocycles. The normalized spacial score (nSPS) is 13.7. The molecule has 2 heterocycles. The highest BCUT2D eigenvalue weighted by molar-refractivity contribution is 5.85. The van der Waals surface area contributed by atoms with Crippen molar-refractivity contribution in [2.75, 3.05) is 0 Å². The van der Waals surface area contributed by atoms with Crippen molar-refractivity contribution in [3.8, 4) is 11.4 Å². The van der Waals surface area contributed by atoms with Crippen LogP contribution in [0.3, 0.4) is 0 Å². The van der Waals surface area contributed by atoms with Crippen LogP contribution in [0.4, 0.5) is 0 Å². The van der Waals surface area contributed by atoms with E-state index in [1.807, 2.05) is 19.1 Å². The SMILES string of the molecule is CCCC(C)(N)c1nc(-c2ccncc2)no1.Cl. The van der Waals surface area contributed by atoms with Gasteiger partial charge >= 0.3 is 0 Å². The number of nitrogens with two attached hydrogens (primary N) is 1. The zero-order valence-corrected chi connectivity index (χ0v) is 11.3. The van der Waals surface area contributed by atoms with E-state index in [9.17, 15) is 0 Å². The molecule has 98 valence electrons. The molecule has 2 aromatic heterocycles. The van der Waals surface area contributed by atoms with Crippen LogP contribution in [0, 0.1) is 0 Å². The first-order chi connectivity index (χ1) is 8.13. The Morgan fingerprint density at radius 2 is 2.00 bits per heavy atom. The van der Waals surface area contributed by atoms with Crippen molar-refractivity contribution in [1.29, 1.82) is 0 Å². The van der Waals surface area contributed by atoms with Crippen LogP contribution < -0.4 is 5.73 Å². The average molecular weight is 269 g/mol. The maximum absolute atomic E-state index is 6.13. The first kappa shape index (κ1) is 14.6. The molecule has 0 fully saturated rings. The largest absolute Gasteiger partial charge is 0.337 e. The van der Waals surface area contributed by atoms with Crippen LogP contribution in [-0.4, -0.2) is 15.1 Å². The van der Waals surface area contributed by atoms with Gasteiger partial charge in [0.2, 0.25) is 11.7 Å². The van der Waals surface area contributed by atoms with E-state index >= 15 is 0 Å². The molecular formula is C12H17ClN4O. The molecule has 0 saturated carbocycles. The lowest BCUT2D eigenvalue weighted by Gasteiger charge is -2.18. The highest BCUT2D eigenvalue weighted by Crippen LogP contribution is 2.24. The van der Waals surface area contributed by atoms with Gasteiger partial charge in [-0.2, -0.15) is 4.98 Å². The Morgan fingerprint density at radius 1 is 1.33 bits per heavy atom. The number of hydrogen-bond donors (Lipinski definition) is 1. The van der Waals surface area contributed by atoms with Gasteiger partial charge in [-0.15, -0.1) is 12.4 Å². The van der Waals surface area contributed by atoms with Gasteiger partial charge in [-0.3, -0.25) is 4.98 Å². The fourth-order valence-corrected chi connectivity index (χ4v) is 1.70. The molecule has 0 aliphatic carbocycles. The fourth-order valence-electron chi connectivity index (χ4n) is 1.70. The highest BCUT2D eigenvalue weighted by Gasteiger charge is 2.27. The molecule has 0 amide bonds. The zero-order valence-electron chi connectivity index (χ0n) is 10.5. The third-order valence-corrected chi connectivity index (χ3v) is 2.62. The van der Waals surface area contributed by atoms with Crippen molar-refractivity contribution in [3.63, 3.8) is 0 Å². The van der Waals surface area contributed by atoms with Gasteiger partial charge < -0.3 is 10.3 Å². The van der Waals surface area contributed by atoms with E-state index in [0.717, 1.165) is 18.4 Å². The van der Waals surface area contributed by atoms with Crippen molar-refractivity contribution >= 4 is 12.4 Å². The predicted molar refractivity (Wildman–Crippen MR) is 71.2 cm³/mol. The van der Waals surface area contributed by atoms with Crippen LogP contribution in [0.25, 0.3) is 11.4 Å². The van der Waals surface area contributed by atoms with E-state index in [1.165, 1.54) is 0 Å². The molecule has 0 aliphatic heterocycles. The summed E-state index contributed by atoms with van der Waals surface area (Å²) in [7, 11) is 0. The van der Waals surface area contributed by atoms with Gasteiger partial charge in [0.1, 0.15) is 0 Å². The van der Waals surface area contributed by atoms with Crippen LogP contribution >= 0.6 is 12.4 Å².